The normalized spacial score (nSPS) is 28.7. The summed E-state index contributed by atoms with van der Waals surface area (Å²) in [4.78, 5) is 53.8. The number of piperidine rings is 2. The molecule has 2 N–H and O–H groups in total. The molecule has 4 aromatic rings. The zero-order valence-corrected chi connectivity index (χ0v) is 30.8. The summed E-state index contributed by atoms with van der Waals surface area (Å²) in [7, 11) is 0. The number of aromatic hydroxyl groups is 1. The summed E-state index contributed by atoms with van der Waals surface area (Å²) in [5.41, 5.74) is 1.83. The Bertz CT molecular complexity index is 2590. The van der Waals surface area contributed by atoms with E-state index in [1.54, 1.807) is 6.07 Å². The number of anilines is 2. The molecule has 294 valence electrons. The third-order valence-corrected chi connectivity index (χ3v) is 11.9. The number of carbonyl (C=O) groups is 4. The molecule has 4 aliphatic heterocycles. The van der Waals surface area contributed by atoms with E-state index < -0.39 is 96.6 Å². The topological polar surface area (TPSA) is 114 Å². The molecule has 3 saturated heterocycles. The highest BCUT2D eigenvalue weighted by molar-refractivity contribution is 6.24. The number of nitrogens with one attached hydrogen (secondary N) is 1. The molecule has 0 aromatic heterocycles. The highest BCUT2D eigenvalue weighted by atomic mass is 19.1. The van der Waals surface area contributed by atoms with Gasteiger partial charge in [0.1, 0.15) is 17.6 Å². The Balaban J connectivity index is 0.932. The van der Waals surface area contributed by atoms with Crippen molar-refractivity contribution in [2.45, 2.75) is 56.4 Å². The first-order chi connectivity index (χ1) is 30.7. The number of aryl methyl sites for hydroxylation is 1. The lowest BCUT2D eigenvalue weighted by molar-refractivity contribution is -0.136. The Labute approximate surface area is 341 Å². The fourth-order valence-electron chi connectivity index (χ4n) is 9.02. The van der Waals surface area contributed by atoms with Gasteiger partial charge in [-0.1, -0.05) is 48.5 Å². The molecule has 0 bridgehead atoms. The summed E-state index contributed by atoms with van der Waals surface area (Å²) in [6.45, 7) is -13.6. The van der Waals surface area contributed by atoms with E-state index in [0.29, 0.717) is 30.8 Å². The summed E-state index contributed by atoms with van der Waals surface area (Å²) in [6, 6.07) is 22.8. The molecular weight excluding hydrogens is 729 g/mol. The van der Waals surface area contributed by atoms with E-state index in [2.05, 4.69) is 29.2 Å². The Kier molecular flexibility index (Phi) is 7.58. The minimum atomic E-state index is -3.63. The number of rotatable bonds is 7. The minimum Gasteiger partial charge on any atom is -0.508 e. The van der Waals surface area contributed by atoms with Crippen molar-refractivity contribution in [1.29, 1.82) is 0 Å². The van der Waals surface area contributed by atoms with Gasteiger partial charge in [-0.3, -0.25) is 34.3 Å². The number of nitrogens with zero attached hydrogens (tertiary/aromatic N) is 4. The van der Waals surface area contributed by atoms with Crippen LogP contribution in [0.25, 0.3) is 0 Å². The minimum absolute atomic E-state index is 0.0506. The molecule has 9 rings (SSSR count). The number of piperazine rings is 1. The Morgan fingerprint density at radius 3 is 2.19 bits per heavy atom. The van der Waals surface area contributed by atoms with Crippen LogP contribution in [-0.2, 0) is 16.0 Å². The Hall–Kier alpha value is -5.62. The average molecular weight is 782 g/mol. The van der Waals surface area contributed by atoms with Crippen LogP contribution in [0.1, 0.15) is 97.9 Å². The lowest BCUT2D eigenvalue weighted by Gasteiger charge is -2.40. The number of benzene rings is 4. The third-order valence-electron chi connectivity index (χ3n) is 11.9. The lowest BCUT2D eigenvalue weighted by Crippen LogP contribution is -2.54. The number of hydrogen-bond acceptors (Lipinski definition) is 8. The number of hydrogen-bond donors (Lipinski definition) is 2. The maximum Gasteiger partial charge on any atom is 0.265 e. The van der Waals surface area contributed by atoms with Gasteiger partial charge < -0.3 is 14.9 Å². The van der Waals surface area contributed by atoms with Gasteiger partial charge in [-0.15, -0.1) is 0 Å². The van der Waals surface area contributed by atoms with Gasteiger partial charge in [-0.25, -0.2) is 8.78 Å². The quantitative estimate of drug-likeness (QED) is 0.221. The first-order valence-electron chi connectivity index (χ1n) is 23.2. The van der Waals surface area contributed by atoms with Crippen molar-refractivity contribution in [2.24, 2.45) is 5.92 Å². The molecule has 57 heavy (non-hydrogen) atoms. The van der Waals surface area contributed by atoms with E-state index >= 15 is 8.78 Å². The third kappa shape index (κ3) is 6.83. The molecule has 12 heteroatoms. The molecule has 4 aromatic carbocycles. The Morgan fingerprint density at radius 2 is 1.47 bits per heavy atom. The first-order valence-corrected chi connectivity index (χ1v) is 19.2. The predicted octanol–water partition coefficient (Wildman–Crippen LogP) is 5.97. The van der Waals surface area contributed by atoms with E-state index in [4.69, 9.17) is 11.0 Å². The standard InChI is InChI=1S/C45H45F2N5O5/c46-35-25-37(42(47)41-40(35)44(56)52(45(41)57)36-14-15-38(54)48-43(36)55)51-22-20-49(21-23-51)26-27-16-18-50(19-17-27)31-9-6-29(7-10-31)39-33(28-4-2-1-3-5-28)12-8-30-24-32(53)11-13-34(30)39/h1-7,9-11,13,24-25,27,33,36,39,53H,8,12,14-23,26H2,(H,48,54,55)/t33-,36?,39+/m1/s1/i20D2,21D2,22D2,23D2. The Morgan fingerprint density at radius 1 is 0.754 bits per heavy atom. The number of fused-ring (bicyclic) bond motifs is 2. The molecule has 1 unspecified atom stereocenters. The van der Waals surface area contributed by atoms with Crippen LogP contribution in [0.4, 0.5) is 20.2 Å². The fraction of sp³-hybridized carbons (Fsp3) is 0.378. The summed E-state index contributed by atoms with van der Waals surface area (Å²) in [5, 5.41) is 12.2. The zero-order chi connectivity index (χ0) is 46.5. The zero-order valence-electron chi connectivity index (χ0n) is 38.8. The lowest BCUT2D eigenvalue weighted by atomic mass is 9.69. The first kappa shape index (κ1) is 28.7. The summed E-state index contributed by atoms with van der Waals surface area (Å²) < 4.78 is 104. The number of halogens is 2. The van der Waals surface area contributed by atoms with E-state index in [1.165, 1.54) is 11.1 Å². The smallest absolute Gasteiger partial charge is 0.265 e. The molecule has 1 aliphatic carbocycles. The second-order valence-electron chi connectivity index (χ2n) is 15.2. The maximum atomic E-state index is 16.6. The van der Waals surface area contributed by atoms with Crippen LogP contribution in [0, 0.1) is 17.6 Å². The number of amides is 4. The van der Waals surface area contributed by atoms with E-state index in [-0.39, 0.29) is 46.3 Å². The van der Waals surface area contributed by atoms with E-state index in [9.17, 15) is 24.3 Å². The molecular formula is C45H45F2N5O5. The highest BCUT2D eigenvalue weighted by Gasteiger charge is 2.48. The van der Waals surface area contributed by atoms with Crippen molar-refractivity contribution in [3.63, 3.8) is 0 Å². The van der Waals surface area contributed by atoms with Gasteiger partial charge >= 0.3 is 0 Å². The number of phenols is 1. The van der Waals surface area contributed by atoms with Gasteiger partial charge in [-0.05, 0) is 90.5 Å². The van der Waals surface area contributed by atoms with Crippen LogP contribution in [0.3, 0.4) is 0 Å². The van der Waals surface area contributed by atoms with Gasteiger partial charge in [0.05, 0.1) is 22.3 Å². The number of imide groups is 2. The summed E-state index contributed by atoms with van der Waals surface area (Å²) in [5.74, 6) is -8.06. The molecule has 10 nitrogen and oxygen atoms in total. The number of carbonyl (C=O) groups excluding carboxylic acids is 4. The van der Waals surface area contributed by atoms with Crippen molar-refractivity contribution < 1.29 is 44.0 Å². The van der Waals surface area contributed by atoms with Gasteiger partial charge in [0.25, 0.3) is 11.8 Å². The van der Waals surface area contributed by atoms with Crippen molar-refractivity contribution >= 4 is 35.0 Å². The molecule has 5 aliphatic rings. The van der Waals surface area contributed by atoms with Crippen molar-refractivity contribution in [3.8, 4) is 5.75 Å². The average Bonchev–Trinajstić information content (AvgIpc) is 3.53. The highest BCUT2D eigenvalue weighted by Crippen LogP contribution is 2.47. The number of phenolic OH excluding ortho intramolecular Hbond substituents is 1. The van der Waals surface area contributed by atoms with Crippen LogP contribution >= 0.6 is 0 Å². The molecule has 3 fully saturated rings. The van der Waals surface area contributed by atoms with Crippen LogP contribution in [-0.4, -0.2) is 90.2 Å². The van der Waals surface area contributed by atoms with Crippen molar-refractivity contribution in [3.05, 3.63) is 124 Å². The molecule has 4 amide bonds. The van der Waals surface area contributed by atoms with E-state index in [0.717, 1.165) is 29.7 Å². The van der Waals surface area contributed by atoms with Crippen LogP contribution < -0.4 is 15.1 Å². The van der Waals surface area contributed by atoms with Crippen molar-refractivity contribution in [2.75, 3.05) is 55.4 Å². The SMILES string of the molecule is [2H]C1([2H])N(CC2CCN(c3ccc([C@@H]4c5ccc(O)cc5CC[C@@H]4c4ccccc4)cc3)CC2)C([2H])([2H])C([2H])([2H])N(c2cc(F)c3c(c2F)C(=O)N(C2CCC(=O)NC2=O)C3=O)C1([2H])[2H]. The van der Waals surface area contributed by atoms with E-state index in [1.807, 2.05) is 47.8 Å². The van der Waals surface area contributed by atoms with Gasteiger partial charge in [-0.2, -0.15) is 0 Å². The van der Waals surface area contributed by atoms with Gasteiger partial charge in [0.2, 0.25) is 11.8 Å². The van der Waals surface area contributed by atoms with Gasteiger partial charge in [0, 0.05) is 75.2 Å². The summed E-state index contributed by atoms with van der Waals surface area (Å²) >= 11 is 0. The fourth-order valence-corrected chi connectivity index (χ4v) is 9.02. The molecule has 4 heterocycles. The predicted molar refractivity (Wildman–Crippen MR) is 211 cm³/mol. The van der Waals surface area contributed by atoms with Crippen LogP contribution in [0.2, 0.25) is 0 Å². The maximum absolute atomic E-state index is 16.6. The molecule has 0 saturated carbocycles. The van der Waals surface area contributed by atoms with Crippen LogP contribution in [0.5, 0.6) is 5.75 Å². The largest absolute Gasteiger partial charge is 0.508 e. The van der Waals surface area contributed by atoms with Crippen LogP contribution in [0.15, 0.2) is 78.9 Å². The van der Waals surface area contributed by atoms with Gasteiger partial charge in [0.15, 0.2) is 5.82 Å². The second kappa shape index (κ2) is 15.0. The van der Waals surface area contributed by atoms with Crippen molar-refractivity contribution in [1.82, 2.24) is 15.1 Å². The molecule has 0 spiro atoms. The molecule has 3 atom stereocenters. The molecule has 0 radical (unpaired) electrons. The second-order valence-corrected chi connectivity index (χ2v) is 15.2. The monoisotopic (exact) mass is 781 g/mol. The summed E-state index contributed by atoms with van der Waals surface area (Å²) in [6.07, 6.45) is 1.93.